The van der Waals surface area contributed by atoms with Gasteiger partial charge in [0.1, 0.15) is 20.1 Å². The molecule has 0 radical (unpaired) electrons. The van der Waals surface area contributed by atoms with Crippen molar-refractivity contribution in [3.05, 3.63) is 99.7 Å². The van der Waals surface area contributed by atoms with Crippen molar-refractivity contribution in [2.24, 2.45) is 4.99 Å². The number of fused-ring (bicyclic) bond motifs is 3. The minimum absolute atomic E-state index is 0.0129. The Bertz CT molecular complexity index is 1530. The predicted molar refractivity (Wildman–Crippen MR) is 139 cm³/mol. The topological polar surface area (TPSA) is 86.5 Å². The standard InChI is InChI=1S/C27H24N4O3Si/c1-18-27-26(24-10-7-14-34-24)28-17-30(27)22-12-11-19(13-15-35(2,3)4)16-21(22)25(29-18)20-8-5-6-9-23(20)31(32)33/h5-12,14,16-18H,1-4H3/t18-/m0/s1. The molecule has 2 aromatic carbocycles. The van der Waals surface area contributed by atoms with E-state index in [2.05, 4.69) is 36.1 Å². The zero-order valence-corrected chi connectivity index (χ0v) is 20.9. The maximum atomic E-state index is 11.9. The van der Waals surface area contributed by atoms with Crippen LogP contribution < -0.4 is 0 Å². The highest BCUT2D eigenvalue weighted by atomic mass is 28.3. The van der Waals surface area contributed by atoms with Crippen molar-refractivity contribution in [2.45, 2.75) is 32.6 Å². The number of aromatic nitrogens is 2. The van der Waals surface area contributed by atoms with Crippen LogP contribution >= 0.6 is 0 Å². The summed E-state index contributed by atoms with van der Waals surface area (Å²) in [4.78, 5) is 21.2. The van der Waals surface area contributed by atoms with Crippen LogP contribution in [0.2, 0.25) is 19.6 Å². The molecule has 0 saturated heterocycles. The number of para-hydroxylation sites is 1. The fourth-order valence-corrected chi connectivity index (χ4v) is 4.72. The van der Waals surface area contributed by atoms with Gasteiger partial charge >= 0.3 is 0 Å². The van der Waals surface area contributed by atoms with Crippen LogP contribution in [0, 0.1) is 21.6 Å². The van der Waals surface area contributed by atoms with Gasteiger partial charge in [0.25, 0.3) is 5.69 Å². The van der Waals surface area contributed by atoms with Gasteiger partial charge < -0.3 is 4.42 Å². The number of hydrogen-bond acceptors (Lipinski definition) is 5. The van der Waals surface area contributed by atoms with Crippen LogP contribution in [0.25, 0.3) is 17.1 Å². The molecule has 4 aromatic rings. The van der Waals surface area contributed by atoms with E-state index in [-0.39, 0.29) is 16.7 Å². The molecule has 0 bridgehead atoms. The Hall–Kier alpha value is -4.22. The Balaban J connectivity index is 1.80. The average Bonchev–Trinajstić information content (AvgIpc) is 3.48. The summed E-state index contributed by atoms with van der Waals surface area (Å²) in [6, 6.07) is 16.0. The normalized spacial score (nSPS) is 14.7. The molecule has 0 aliphatic carbocycles. The van der Waals surface area contributed by atoms with Crippen molar-refractivity contribution in [3.8, 4) is 28.6 Å². The molecule has 0 N–H and O–H groups in total. The van der Waals surface area contributed by atoms with Crippen molar-refractivity contribution in [1.29, 1.82) is 0 Å². The second kappa shape index (κ2) is 8.53. The summed E-state index contributed by atoms with van der Waals surface area (Å²) >= 11 is 0. The minimum Gasteiger partial charge on any atom is -0.463 e. The molecule has 1 atom stereocenters. The Labute approximate surface area is 204 Å². The monoisotopic (exact) mass is 480 g/mol. The summed E-state index contributed by atoms with van der Waals surface area (Å²) in [6.07, 6.45) is 3.37. The van der Waals surface area contributed by atoms with Gasteiger partial charge in [-0.25, -0.2) is 4.98 Å². The molecule has 1 aliphatic rings. The highest BCUT2D eigenvalue weighted by molar-refractivity contribution is 6.83. The molecule has 35 heavy (non-hydrogen) atoms. The summed E-state index contributed by atoms with van der Waals surface area (Å²) in [5.41, 5.74) is 8.46. The lowest BCUT2D eigenvalue weighted by molar-refractivity contribution is -0.385. The molecular weight excluding hydrogens is 456 g/mol. The smallest absolute Gasteiger partial charge is 0.278 e. The molecule has 0 fully saturated rings. The SMILES string of the molecule is C[C@@H]1N=C(c2ccccc2[N+](=O)[O-])c2cc(C#C[Si](C)(C)C)ccc2-n2cnc(-c3ccco3)c21. The Kier molecular flexibility index (Phi) is 5.50. The fraction of sp³-hybridized carbons (Fsp3) is 0.185. The third-order valence-electron chi connectivity index (χ3n) is 5.73. The van der Waals surface area contributed by atoms with Gasteiger partial charge in [-0.1, -0.05) is 37.7 Å². The molecule has 1 aliphatic heterocycles. The second-order valence-corrected chi connectivity index (χ2v) is 14.2. The molecule has 0 spiro atoms. The molecule has 174 valence electrons. The van der Waals surface area contributed by atoms with Crippen LogP contribution in [0.5, 0.6) is 0 Å². The summed E-state index contributed by atoms with van der Waals surface area (Å²) in [5, 5.41) is 11.9. The van der Waals surface area contributed by atoms with E-state index in [0.29, 0.717) is 22.7 Å². The molecule has 0 amide bonds. The van der Waals surface area contributed by atoms with Crippen LogP contribution in [0.4, 0.5) is 5.69 Å². The molecule has 7 nitrogen and oxygen atoms in total. The number of aliphatic imine (C=N–C) groups is 1. The van der Waals surface area contributed by atoms with Crippen LogP contribution in [0.1, 0.15) is 35.3 Å². The van der Waals surface area contributed by atoms with E-state index in [1.165, 1.54) is 6.07 Å². The van der Waals surface area contributed by atoms with Gasteiger partial charge in [0.05, 0.1) is 39.9 Å². The fourth-order valence-electron chi connectivity index (χ4n) is 4.20. The molecule has 2 aromatic heterocycles. The van der Waals surface area contributed by atoms with Crippen molar-refractivity contribution in [1.82, 2.24) is 9.55 Å². The highest BCUT2D eigenvalue weighted by Gasteiger charge is 2.30. The number of rotatable bonds is 3. The number of furan rings is 1. The van der Waals surface area contributed by atoms with Crippen molar-refractivity contribution in [3.63, 3.8) is 0 Å². The molecule has 0 saturated carbocycles. The van der Waals surface area contributed by atoms with E-state index in [4.69, 9.17) is 9.41 Å². The summed E-state index contributed by atoms with van der Waals surface area (Å²) in [5.74, 6) is 3.96. The van der Waals surface area contributed by atoms with E-state index in [9.17, 15) is 10.1 Å². The van der Waals surface area contributed by atoms with Crippen LogP contribution in [-0.4, -0.2) is 28.3 Å². The van der Waals surface area contributed by atoms with E-state index in [0.717, 1.165) is 22.5 Å². The zero-order chi connectivity index (χ0) is 24.7. The lowest BCUT2D eigenvalue weighted by atomic mass is 9.97. The van der Waals surface area contributed by atoms with Gasteiger partial charge in [-0.3, -0.25) is 19.7 Å². The third kappa shape index (κ3) is 4.22. The van der Waals surface area contributed by atoms with Gasteiger partial charge in [-0.15, -0.1) is 5.54 Å². The van der Waals surface area contributed by atoms with Crippen LogP contribution in [-0.2, 0) is 0 Å². The van der Waals surface area contributed by atoms with Gasteiger partial charge in [0, 0.05) is 17.2 Å². The Morgan fingerprint density at radius 1 is 1.09 bits per heavy atom. The average molecular weight is 481 g/mol. The third-order valence-corrected chi connectivity index (χ3v) is 6.60. The minimum atomic E-state index is -1.59. The quantitative estimate of drug-likeness (QED) is 0.152. The van der Waals surface area contributed by atoms with Crippen molar-refractivity contribution < 1.29 is 9.34 Å². The number of nitro groups is 1. The Morgan fingerprint density at radius 2 is 1.89 bits per heavy atom. The van der Waals surface area contributed by atoms with Crippen molar-refractivity contribution >= 4 is 19.5 Å². The van der Waals surface area contributed by atoms with E-state index in [1.807, 2.05) is 41.8 Å². The second-order valence-electron chi connectivity index (χ2n) is 9.49. The summed E-state index contributed by atoms with van der Waals surface area (Å²) in [7, 11) is -1.59. The number of nitrogens with zero attached hydrogens (tertiary/aromatic N) is 4. The van der Waals surface area contributed by atoms with Gasteiger partial charge in [0.15, 0.2) is 5.76 Å². The van der Waals surface area contributed by atoms with Crippen molar-refractivity contribution in [2.75, 3.05) is 0 Å². The molecule has 5 rings (SSSR count). The predicted octanol–water partition coefficient (Wildman–Crippen LogP) is 6.18. The first-order chi connectivity index (χ1) is 16.7. The van der Waals surface area contributed by atoms with Gasteiger partial charge in [-0.2, -0.15) is 0 Å². The summed E-state index contributed by atoms with van der Waals surface area (Å²) in [6.45, 7) is 8.55. The largest absolute Gasteiger partial charge is 0.463 e. The highest BCUT2D eigenvalue weighted by Crippen LogP contribution is 2.37. The van der Waals surface area contributed by atoms with Gasteiger partial charge in [-0.05, 0) is 43.3 Å². The first kappa shape index (κ1) is 22.6. The number of benzene rings is 2. The molecular formula is C27H24N4O3Si. The molecule has 0 unspecified atom stereocenters. The summed E-state index contributed by atoms with van der Waals surface area (Å²) < 4.78 is 7.64. The van der Waals surface area contributed by atoms with E-state index < -0.39 is 8.07 Å². The first-order valence-electron chi connectivity index (χ1n) is 11.3. The number of nitro benzene ring substituents is 1. The number of hydrogen-bond donors (Lipinski definition) is 0. The maximum Gasteiger partial charge on any atom is 0.278 e. The number of imidazole rings is 1. The molecule has 3 heterocycles. The Morgan fingerprint density at radius 3 is 2.60 bits per heavy atom. The first-order valence-corrected chi connectivity index (χ1v) is 14.8. The van der Waals surface area contributed by atoms with E-state index in [1.54, 1.807) is 30.8 Å². The molecule has 8 heteroatoms. The zero-order valence-electron chi connectivity index (χ0n) is 19.9. The van der Waals surface area contributed by atoms with Crippen LogP contribution in [0.3, 0.4) is 0 Å². The van der Waals surface area contributed by atoms with E-state index >= 15 is 0 Å². The lowest BCUT2D eigenvalue weighted by Gasteiger charge is -2.13. The maximum absolute atomic E-state index is 11.9. The van der Waals surface area contributed by atoms with Crippen LogP contribution in [0.15, 0.2) is 76.6 Å². The van der Waals surface area contributed by atoms with Gasteiger partial charge in [0.2, 0.25) is 0 Å². The lowest BCUT2D eigenvalue weighted by Crippen LogP contribution is -2.16.